The highest BCUT2D eigenvalue weighted by atomic mass is 16.5. The molecule has 0 radical (unpaired) electrons. The third-order valence-electron chi connectivity index (χ3n) is 2.31. The van der Waals surface area contributed by atoms with E-state index in [1.165, 1.54) is 12.3 Å². The van der Waals surface area contributed by atoms with Crippen LogP contribution in [-0.4, -0.2) is 42.5 Å². The molecule has 1 unspecified atom stereocenters. The molecule has 0 aliphatic carbocycles. The summed E-state index contributed by atoms with van der Waals surface area (Å²) in [5, 5.41) is 20.7. The van der Waals surface area contributed by atoms with Crippen molar-refractivity contribution in [2.24, 2.45) is 0 Å². The first-order chi connectivity index (χ1) is 8.17. The molecule has 6 heteroatoms. The number of hydrogen-bond acceptors (Lipinski definition) is 5. The minimum Gasteiger partial charge on any atom is -0.478 e. The smallest absolute Gasteiger partial charge is 0.338 e. The SMILES string of the molecule is COCC(CCO)NCc1cc(C(=O)O)co1. The quantitative estimate of drug-likeness (QED) is 0.614. The number of nitrogens with one attached hydrogen (secondary N) is 1. The van der Waals surface area contributed by atoms with E-state index in [1.54, 1.807) is 7.11 Å². The van der Waals surface area contributed by atoms with Crippen LogP contribution >= 0.6 is 0 Å². The summed E-state index contributed by atoms with van der Waals surface area (Å²) in [6.07, 6.45) is 1.77. The van der Waals surface area contributed by atoms with Crippen molar-refractivity contribution in [2.75, 3.05) is 20.3 Å². The topological polar surface area (TPSA) is 91.9 Å². The van der Waals surface area contributed by atoms with Crippen LogP contribution in [0.25, 0.3) is 0 Å². The molecule has 1 aromatic heterocycles. The molecule has 0 aliphatic rings. The summed E-state index contributed by atoms with van der Waals surface area (Å²) >= 11 is 0. The van der Waals surface area contributed by atoms with Gasteiger partial charge in [-0.1, -0.05) is 0 Å². The monoisotopic (exact) mass is 243 g/mol. The molecular weight excluding hydrogens is 226 g/mol. The summed E-state index contributed by atoms with van der Waals surface area (Å²) in [4.78, 5) is 10.6. The molecule has 96 valence electrons. The Morgan fingerprint density at radius 3 is 2.94 bits per heavy atom. The van der Waals surface area contributed by atoms with Crippen molar-refractivity contribution in [1.82, 2.24) is 5.32 Å². The van der Waals surface area contributed by atoms with Crippen LogP contribution in [0.1, 0.15) is 22.5 Å². The number of carbonyl (C=O) groups is 1. The van der Waals surface area contributed by atoms with Gasteiger partial charge in [-0.25, -0.2) is 4.79 Å². The van der Waals surface area contributed by atoms with E-state index in [2.05, 4.69) is 5.32 Å². The molecule has 1 rings (SSSR count). The van der Waals surface area contributed by atoms with Gasteiger partial charge in [-0.15, -0.1) is 0 Å². The number of ether oxygens (including phenoxy) is 1. The normalized spacial score (nSPS) is 12.6. The number of hydrogen-bond donors (Lipinski definition) is 3. The number of aliphatic hydroxyl groups excluding tert-OH is 1. The number of aliphatic hydroxyl groups is 1. The van der Waals surface area contributed by atoms with Gasteiger partial charge in [-0.05, 0) is 12.5 Å². The Labute approximate surface area is 99.2 Å². The lowest BCUT2D eigenvalue weighted by Gasteiger charge is -2.15. The third-order valence-corrected chi connectivity index (χ3v) is 2.31. The number of furan rings is 1. The maximum Gasteiger partial charge on any atom is 0.338 e. The summed E-state index contributed by atoms with van der Waals surface area (Å²) < 4.78 is 10.1. The first-order valence-corrected chi connectivity index (χ1v) is 5.31. The summed E-state index contributed by atoms with van der Waals surface area (Å²) in [7, 11) is 1.58. The van der Waals surface area contributed by atoms with Crippen LogP contribution in [-0.2, 0) is 11.3 Å². The molecule has 0 bridgehead atoms. The second-order valence-corrected chi connectivity index (χ2v) is 3.65. The highest BCUT2D eigenvalue weighted by Gasteiger charge is 2.11. The predicted molar refractivity (Wildman–Crippen MR) is 59.9 cm³/mol. The summed E-state index contributed by atoms with van der Waals surface area (Å²) in [5.41, 5.74) is 0.132. The third kappa shape index (κ3) is 4.56. The first-order valence-electron chi connectivity index (χ1n) is 5.31. The van der Waals surface area contributed by atoms with Gasteiger partial charge in [-0.3, -0.25) is 0 Å². The van der Waals surface area contributed by atoms with Crippen LogP contribution in [0, 0.1) is 0 Å². The van der Waals surface area contributed by atoms with Gasteiger partial charge < -0.3 is 24.7 Å². The Kier molecular flexibility index (Phi) is 5.68. The van der Waals surface area contributed by atoms with Gasteiger partial charge in [0.25, 0.3) is 0 Å². The highest BCUT2D eigenvalue weighted by Crippen LogP contribution is 2.08. The van der Waals surface area contributed by atoms with E-state index in [0.29, 0.717) is 25.3 Å². The van der Waals surface area contributed by atoms with Crippen LogP contribution in [0.15, 0.2) is 16.7 Å². The Hall–Kier alpha value is -1.37. The fourth-order valence-electron chi connectivity index (χ4n) is 1.43. The molecule has 1 atom stereocenters. The molecule has 0 fully saturated rings. The minimum atomic E-state index is -1.01. The van der Waals surface area contributed by atoms with Crippen molar-refractivity contribution in [1.29, 1.82) is 0 Å². The van der Waals surface area contributed by atoms with Crippen LogP contribution in [0.2, 0.25) is 0 Å². The van der Waals surface area contributed by atoms with Gasteiger partial charge in [0.05, 0.1) is 18.7 Å². The Bertz CT molecular complexity index is 343. The summed E-state index contributed by atoms with van der Waals surface area (Å²) in [6, 6.07) is 1.49. The standard InChI is InChI=1S/C11H17NO5/c1-16-7-9(2-3-13)12-5-10-4-8(6-17-10)11(14)15/h4,6,9,12-13H,2-3,5,7H2,1H3,(H,14,15). The molecule has 1 heterocycles. The summed E-state index contributed by atoms with van der Waals surface area (Å²) in [5.74, 6) is -0.467. The van der Waals surface area contributed by atoms with E-state index in [4.69, 9.17) is 19.4 Å². The lowest BCUT2D eigenvalue weighted by Crippen LogP contribution is -2.33. The molecule has 0 spiro atoms. The van der Waals surface area contributed by atoms with Gasteiger partial charge in [0.15, 0.2) is 0 Å². The number of methoxy groups -OCH3 is 1. The molecule has 6 nitrogen and oxygen atoms in total. The van der Waals surface area contributed by atoms with Gasteiger partial charge in [0, 0.05) is 19.8 Å². The second-order valence-electron chi connectivity index (χ2n) is 3.65. The van der Waals surface area contributed by atoms with Gasteiger partial charge in [0.2, 0.25) is 0 Å². The molecule has 0 amide bonds. The van der Waals surface area contributed by atoms with Gasteiger partial charge >= 0.3 is 5.97 Å². The fourth-order valence-corrected chi connectivity index (χ4v) is 1.43. The van der Waals surface area contributed by atoms with E-state index >= 15 is 0 Å². The van der Waals surface area contributed by atoms with Crippen molar-refractivity contribution in [3.05, 3.63) is 23.7 Å². The average molecular weight is 243 g/mol. The van der Waals surface area contributed by atoms with E-state index in [0.717, 1.165) is 0 Å². The molecule has 0 aliphatic heterocycles. The summed E-state index contributed by atoms with van der Waals surface area (Å²) in [6.45, 7) is 0.952. The molecular formula is C11H17NO5. The van der Waals surface area contributed by atoms with E-state index in [-0.39, 0.29) is 18.2 Å². The largest absolute Gasteiger partial charge is 0.478 e. The van der Waals surface area contributed by atoms with Gasteiger partial charge in [-0.2, -0.15) is 0 Å². The van der Waals surface area contributed by atoms with E-state index in [1.807, 2.05) is 0 Å². The van der Waals surface area contributed by atoms with Crippen LogP contribution < -0.4 is 5.32 Å². The fraction of sp³-hybridized carbons (Fsp3) is 0.545. The van der Waals surface area contributed by atoms with Crippen LogP contribution in [0.4, 0.5) is 0 Å². The van der Waals surface area contributed by atoms with E-state index < -0.39 is 5.97 Å². The molecule has 0 aromatic carbocycles. The zero-order valence-electron chi connectivity index (χ0n) is 9.68. The lowest BCUT2D eigenvalue weighted by molar-refractivity contribution is 0.0696. The van der Waals surface area contributed by atoms with Gasteiger partial charge in [0.1, 0.15) is 12.0 Å². The zero-order valence-corrected chi connectivity index (χ0v) is 9.68. The zero-order chi connectivity index (χ0) is 12.7. The number of aromatic carboxylic acids is 1. The predicted octanol–water partition coefficient (Wildman–Crippen LogP) is 0.465. The lowest BCUT2D eigenvalue weighted by atomic mass is 10.2. The number of rotatable bonds is 8. The maximum absolute atomic E-state index is 10.6. The Morgan fingerprint density at radius 2 is 2.41 bits per heavy atom. The Balaban J connectivity index is 2.44. The second kappa shape index (κ2) is 7.05. The number of carboxylic acids is 1. The average Bonchev–Trinajstić information content (AvgIpc) is 2.75. The number of carboxylic acid groups (broad SMARTS) is 1. The van der Waals surface area contributed by atoms with Crippen molar-refractivity contribution < 1.29 is 24.2 Å². The highest BCUT2D eigenvalue weighted by molar-refractivity contribution is 5.87. The van der Waals surface area contributed by atoms with E-state index in [9.17, 15) is 4.79 Å². The van der Waals surface area contributed by atoms with Crippen LogP contribution in [0.3, 0.4) is 0 Å². The van der Waals surface area contributed by atoms with Crippen molar-refractivity contribution in [3.8, 4) is 0 Å². The molecule has 0 saturated heterocycles. The van der Waals surface area contributed by atoms with Crippen molar-refractivity contribution in [2.45, 2.75) is 19.0 Å². The van der Waals surface area contributed by atoms with Crippen LogP contribution in [0.5, 0.6) is 0 Å². The first kappa shape index (κ1) is 13.7. The molecule has 1 aromatic rings. The minimum absolute atomic E-state index is 0.0170. The Morgan fingerprint density at radius 1 is 1.65 bits per heavy atom. The molecule has 17 heavy (non-hydrogen) atoms. The maximum atomic E-state index is 10.6. The van der Waals surface area contributed by atoms with Crippen molar-refractivity contribution in [3.63, 3.8) is 0 Å². The molecule has 0 saturated carbocycles. The molecule has 3 N–H and O–H groups in total. The van der Waals surface area contributed by atoms with Crippen molar-refractivity contribution >= 4 is 5.97 Å².